The fourth-order valence-electron chi connectivity index (χ4n) is 5.47. The predicted molar refractivity (Wildman–Crippen MR) is 184 cm³/mol. The van der Waals surface area contributed by atoms with Crippen LogP contribution in [-0.4, -0.2) is 15.9 Å². The van der Waals surface area contributed by atoms with Crippen molar-refractivity contribution in [3.05, 3.63) is 102 Å². The number of benzene rings is 3. The molecule has 3 aromatic carbocycles. The van der Waals surface area contributed by atoms with Crippen LogP contribution in [0.3, 0.4) is 0 Å². The van der Waals surface area contributed by atoms with Crippen LogP contribution in [0.25, 0.3) is 44.3 Å². The van der Waals surface area contributed by atoms with Crippen LogP contribution in [0.4, 0.5) is 4.39 Å². The summed E-state index contributed by atoms with van der Waals surface area (Å²) in [5.41, 5.74) is 5.28. The molecule has 0 unspecified atom stereocenters. The van der Waals surface area contributed by atoms with Crippen LogP contribution >= 0.6 is 0 Å². The van der Waals surface area contributed by atoms with E-state index < -0.39 is 0 Å². The minimum atomic E-state index is -0.352. The van der Waals surface area contributed by atoms with E-state index >= 15 is 4.39 Å². The second-order valence-corrected chi connectivity index (χ2v) is 12.5. The van der Waals surface area contributed by atoms with E-state index in [0.29, 0.717) is 16.8 Å². The van der Waals surface area contributed by atoms with Crippen molar-refractivity contribution in [2.75, 3.05) is 0 Å². The summed E-state index contributed by atoms with van der Waals surface area (Å²) in [6.45, 7) is 16.1. The number of aromatic nitrogens is 1. The molecule has 0 aliphatic rings. The van der Waals surface area contributed by atoms with Crippen molar-refractivity contribution in [2.24, 2.45) is 10.8 Å². The SMILES string of the molecule is CCC(C)(CC)C(=O)/C=C(\O)C(C)(CC)CC.Cc1[c-]c(-c2nccc3c2oc2c(F)c(-c4ccccc4)ccc23)cc(C)c1.[Ir]. The minimum Gasteiger partial charge on any atom is -0.512 e. The molecule has 0 fully saturated rings. The van der Waals surface area contributed by atoms with Gasteiger partial charge in [0.1, 0.15) is 11.3 Å². The van der Waals surface area contributed by atoms with E-state index in [4.69, 9.17) is 4.42 Å². The third-order valence-electron chi connectivity index (χ3n) is 9.59. The van der Waals surface area contributed by atoms with Crippen LogP contribution in [0, 0.1) is 36.6 Å². The molecule has 1 radical (unpaired) electrons. The van der Waals surface area contributed by atoms with Gasteiger partial charge in [0.05, 0.1) is 0 Å². The molecule has 0 aliphatic carbocycles. The maximum Gasteiger partial charge on any atom is 0.174 e. The standard InChI is InChI=1S/C25H17FNO.C15H28O2.Ir/c1-15-12-16(2)14-18(13-15)23-25-21(10-11-27-23)20-9-8-19(22(26)24(20)28-25)17-6-4-3-5-7-17;1-7-14(5,8-2)12(16)11-13(17)15(6,9-3)10-4;/h3-13H,1-2H3;11,16H,7-10H2,1-6H3;/q-1;;/b;12-11-;. The number of carbonyl (C=O) groups excluding carboxylic acids is 1. The Morgan fingerprint density at radius 1 is 0.891 bits per heavy atom. The van der Waals surface area contributed by atoms with Gasteiger partial charge in [0.15, 0.2) is 17.2 Å². The van der Waals surface area contributed by atoms with E-state index in [-0.39, 0.29) is 53.9 Å². The van der Waals surface area contributed by atoms with E-state index in [1.807, 2.05) is 110 Å². The number of fused-ring (bicyclic) bond motifs is 3. The van der Waals surface area contributed by atoms with E-state index in [2.05, 4.69) is 17.1 Å². The number of aryl methyl sites for hydroxylation is 2. The predicted octanol–water partition coefficient (Wildman–Crippen LogP) is 11.5. The number of ketones is 1. The molecule has 6 heteroatoms. The quantitative estimate of drug-likeness (QED) is 0.0916. The Bertz CT molecular complexity index is 1810. The smallest absolute Gasteiger partial charge is 0.174 e. The number of carbonyl (C=O) groups is 1. The summed E-state index contributed by atoms with van der Waals surface area (Å²) in [4.78, 5) is 16.7. The van der Waals surface area contributed by atoms with Crippen LogP contribution in [0.1, 0.15) is 78.4 Å². The van der Waals surface area contributed by atoms with Gasteiger partial charge in [-0.15, -0.1) is 34.9 Å². The summed E-state index contributed by atoms with van der Waals surface area (Å²) in [6, 6.07) is 22.5. The van der Waals surface area contributed by atoms with Crippen LogP contribution in [0.15, 0.2) is 83.1 Å². The number of pyridine rings is 1. The van der Waals surface area contributed by atoms with Crippen molar-refractivity contribution < 1.29 is 38.8 Å². The summed E-state index contributed by atoms with van der Waals surface area (Å²) < 4.78 is 21.4. The first-order valence-corrected chi connectivity index (χ1v) is 15.9. The molecule has 0 saturated heterocycles. The van der Waals surface area contributed by atoms with Gasteiger partial charge in [0.2, 0.25) is 0 Å². The van der Waals surface area contributed by atoms with E-state index in [0.717, 1.165) is 58.7 Å². The first-order valence-electron chi connectivity index (χ1n) is 15.9. The topological polar surface area (TPSA) is 63.3 Å². The zero-order valence-corrected chi connectivity index (χ0v) is 30.6. The molecular formula is C40H45FIrNO3-. The zero-order chi connectivity index (χ0) is 32.9. The number of rotatable bonds is 9. The molecule has 0 bridgehead atoms. The third-order valence-corrected chi connectivity index (χ3v) is 9.59. The first-order chi connectivity index (χ1) is 21.4. The third kappa shape index (κ3) is 7.51. The van der Waals surface area contributed by atoms with Crippen LogP contribution < -0.4 is 0 Å². The number of nitrogens with zero attached hydrogens (tertiary/aromatic N) is 1. The van der Waals surface area contributed by atoms with Gasteiger partial charge in [-0.1, -0.05) is 91.8 Å². The number of hydrogen-bond acceptors (Lipinski definition) is 4. The van der Waals surface area contributed by atoms with Gasteiger partial charge in [0.25, 0.3) is 0 Å². The molecule has 0 saturated carbocycles. The average Bonchev–Trinajstić information content (AvgIpc) is 3.44. The zero-order valence-electron chi connectivity index (χ0n) is 28.2. The van der Waals surface area contributed by atoms with E-state index in [1.165, 1.54) is 6.08 Å². The number of halogens is 1. The van der Waals surface area contributed by atoms with Crippen molar-refractivity contribution in [3.63, 3.8) is 0 Å². The van der Waals surface area contributed by atoms with Crippen LogP contribution in [-0.2, 0) is 24.9 Å². The van der Waals surface area contributed by atoms with Gasteiger partial charge in [-0.05, 0) is 43.4 Å². The number of furan rings is 1. The number of aliphatic hydroxyl groups is 1. The largest absolute Gasteiger partial charge is 0.512 e. The monoisotopic (exact) mass is 799 g/mol. The normalized spacial score (nSPS) is 12.1. The molecule has 5 rings (SSSR count). The Hall–Kier alpha value is -3.60. The Morgan fingerprint density at radius 3 is 2.09 bits per heavy atom. The fourth-order valence-corrected chi connectivity index (χ4v) is 5.47. The Kier molecular flexibility index (Phi) is 12.3. The summed E-state index contributed by atoms with van der Waals surface area (Å²) in [5, 5.41) is 11.7. The van der Waals surface area contributed by atoms with Crippen LogP contribution in [0.2, 0.25) is 0 Å². The summed E-state index contributed by atoms with van der Waals surface area (Å²) >= 11 is 0. The van der Waals surface area contributed by atoms with Gasteiger partial charge in [-0.25, -0.2) is 4.39 Å². The number of allylic oxidation sites excluding steroid dienone is 2. The van der Waals surface area contributed by atoms with Gasteiger partial charge in [-0.3, -0.25) is 4.79 Å². The molecule has 4 nitrogen and oxygen atoms in total. The van der Waals surface area contributed by atoms with Crippen molar-refractivity contribution in [1.29, 1.82) is 0 Å². The molecule has 5 aromatic rings. The Labute approximate surface area is 286 Å². The molecule has 2 aromatic heterocycles. The van der Waals surface area contributed by atoms with Gasteiger partial charge >= 0.3 is 0 Å². The number of aliphatic hydroxyl groups excluding tert-OH is 1. The minimum absolute atomic E-state index is 0. The summed E-state index contributed by atoms with van der Waals surface area (Å²) in [6.07, 6.45) is 6.49. The molecule has 0 atom stereocenters. The molecule has 0 amide bonds. The fraction of sp³-hybridized carbons (Fsp3) is 0.350. The van der Waals surface area contributed by atoms with Crippen LogP contribution in [0.5, 0.6) is 0 Å². The van der Waals surface area contributed by atoms with Gasteiger partial charge in [0, 0.05) is 65.2 Å². The molecule has 0 aliphatic heterocycles. The van der Waals surface area contributed by atoms with E-state index in [9.17, 15) is 9.90 Å². The first kappa shape index (κ1) is 36.9. The van der Waals surface area contributed by atoms with Crippen molar-refractivity contribution in [3.8, 4) is 22.4 Å². The van der Waals surface area contributed by atoms with Crippen molar-refractivity contribution in [1.82, 2.24) is 4.98 Å². The van der Waals surface area contributed by atoms with Crippen molar-refractivity contribution >= 4 is 27.7 Å². The summed E-state index contributed by atoms with van der Waals surface area (Å²) in [5.74, 6) is -0.0657. The molecule has 245 valence electrons. The molecule has 1 N–H and O–H groups in total. The Balaban J connectivity index is 0.000000280. The Morgan fingerprint density at radius 2 is 1.50 bits per heavy atom. The second kappa shape index (κ2) is 15.3. The maximum absolute atomic E-state index is 15.3. The van der Waals surface area contributed by atoms with Gasteiger partial charge in [-0.2, -0.15) is 0 Å². The average molecular weight is 799 g/mol. The molecule has 0 spiro atoms. The maximum atomic E-state index is 15.3. The molecular weight excluding hydrogens is 754 g/mol. The van der Waals surface area contributed by atoms with Crippen molar-refractivity contribution in [2.45, 2.75) is 81.1 Å². The molecule has 2 heterocycles. The van der Waals surface area contributed by atoms with E-state index in [1.54, 1.807) is 6.20 Å². The van der Waals surface area contributed by atoms with Gasteiger partial charge < -0.3 is 14.5 Å². The second-order valence-electron chi connectivity index (χ2n) is 12.5. The summed E-state index contributed by atoms with van der Waals surface area (Å²) in [7, 11) is 0. The number of hydrogen-bond donors (Lipinski definition) is 1. The molecule has 46 heavy (non-hydrogen) atoms.